The Labute approximate surface area is 211 Å². The van der Waals surface area contributed by atoms with Crippen LogP contribution >= 0.6 is 0 Å². The highest BCUT2D eigenvalue weighted by molar-refractivity contribution is 5.94. The van der Waals surface area contributed by atoms with E-state index in [1.165, 1.54) is 12.1 Å². The molecule has 4 rings (SSSR count). The van der Waals surface area contributed by atoms with Crippen molar-refractivity contribution in [2.45, 2.75) is 38.6 Å². The maximum atomic E-state index is 13.7. The van der Waals surface area contributed by atoms with Crippen LogP contribution < -0.4 is 10.1 Å². The molecule has 3 aromatic carbocycles. The van der Waals surface area contributed by atoms with E-state index in [4.69, 9.17) is 9.72 Å². The minimum absolute atomic E-state index is 0.0838. The normalized spacial score (nSPS) is 10.9. The molecule has 186 valence electrons. The number of unbranched alkanes of at least 4 members (excludes halogenated alkanes) is 2. The van der Waals surface area contributed by atoms with Gasteiger partial charge in [0.15, 0.2) is 0 Å². The molecule has 1 heterocycles. The molecule has 0 saturated heterocycles. The van der Waals surface area contributed by atoms with Crippen LogP contribution in [0.2, 0.25) is 0 Å². The zero-order valence-electron chi connectivity index (χ0n) is 20.5. The Hall–Kier alpha value is -3.93. The van der Waals surface area contributed by atoms with Gasteiger partial charge in [-0.3, -0.25) is 4.79 Å². The number of para-hydroxylation sites is 3. The van der Waals surface area contributed by atoms with Crippen molar-refractivity contribution in [3.8, 4) is 5.75 Å². The first-order valence-electron chi connectivity index (χ1n) is 12.5. The molecule has 0 atom stereocenters. The fraction of sp³-hybridized carbons (Fsp3) is 0.267. The van der Waals surface area contributed by atoms with Crippen LogP contribution in [0.5, 0.6) is 5.75 Å². The molecule has 0 aliphatic carbocycles. The number of carbonyl (C=O) groups excluding carboxylic acids is 1. The average Bonchev–Trinajstić information content (AvgIpc) is 3.24. The zero-order chi connectivity index (χ0) is 25.2. The Morgan fingerprint density at radius 2 is 1.78 bits per heavy atom. The molecule has 0 spiro atoms. The number of nitrogens with zero attached hydrogens (tertiary/aromatic N) is 2. The van der Waals surface area contributed by atoms with Gasteiger partial charge in [-0.2, -0.15) is 0 Å². The maximum absolute atomic E-state index is 13.7. The Balaban J connectivity index is 1.29. The number of nitrogens with one attached hydrogen (secondary N) is 1. The van der Waals surface area contributed by atoms with Crippen LogP contribution in [0.1, 0.15) is 41.0 Å². The molecule has 0 radical (unpaired) electrons. The summed E-state index contributed by atoms with van der Waals surface area (Å²) in [7, 11) is 0. The first-order chi connectivity index (χ1) is 17.7. The molecule has 0 aliphatic rings. The summed E-state index contributed by atoms with van der Waals surface area (Å²) >= 11 is 0. The number of ether oxygens (including phenoxy) is 1. The SMILES string of the molecule is C=CCc1ccccc1OCCn1c(CCCCCNC(=O)c2ccccc2F)nc2ccccc21. The molecule has 4 aromatic rings. The van der Waals surface area contributed by atoms with Crippen LogP contribution in [0.25, 0.3) is 11.0 Å². The van der Waals surface area contributed by atoms with E-state index in [-0.39, 0.29) is 11.5 Å². The number of benzene rings is 3. The first-order valence-corrected chi connectivity index (χ1v) is 12.5. The van der Waals surface area contributed by atoms with Gasteiger partial charge in [-0.05, 0) is 55.2 Å². The smallest absolute Gasteiger partial charge is 0.254 e. The van der Waals surface area contributed by atoms with Crippen LogP contribution in [-0.2, 0) is 19.4 Å². The third-order valence-electron chi connectivity index (χ3n) is 6.12. The quantitative estimate of drug-likeness (QED) is 0.183. The van der Waals surface area contributed by atoms with Gasteiger partial charge in [-0.1, -0.05) is 55.0 Å². The van der Waals surface area contributed by atoms with E-state index < -0.39 is 5.82 Å². The van der Waals surface area contributed by atoms with Crippen LogP contribution in [0.15, 0.2) is 85.5 Å². The van der Waals surface area contributed by atoms with Crippen molar-refractivity contribution in [3.63, 3.8) is 0 Å². The van der Waals surface area contributed by atoms with Gasteiger partial charge in [0.25, 0.3) is 5.91 Å². The number of aromatic nitrogens is 2. The lowest BCUT2D eigenvalue weighted by molar-refractivity contribution is 0.0949. The molecule has 5 nitrogen and oxygen atoms in total. The summed E-state index contributed by atoms with van der Waals surface area (Å²) in [6.07, 6.45) is 6.20. The standard InChI is InChI=1S/C30H32FN3O2/c1-2-12-23-13-5-10-18-28(23)36-22-21-34-27-17-9-8-16-26(27)33-29(34)19-4-3-11-20-32-30(35)24-14-6-7-15-25(24)31/h2,5-10,13-18H,1,3-4,11-12,19-22H2,(H,32,35). The molecule has 1 amide bonds. The summed E-state index contributed by atoms with van der Waals surface area (Å²) in [4.78, 5) is 17.0. The second kappa shape index (κ2) is 12.7. The van der Waals surface area contributed by atoms with Crippen molar-refractivity contribution >= 4 is 16.9 Å². The van der Waals surface area contributed by atoms with E-state index in [1.807, 2.05) is 42.5 Å². The molecule has 36 heavy (non-hydrogen) atoms. The monoisotopic (exact) mass is 485 g/mol. The molecule has 0 bridgehead atoms. The average molecular weight is 486 g/mol. The van der Waals surface area contributed by atoms with E-state index >= 15 is 0 Å². The van der Waals surface area contributed by atoms with Crippen LogP contribution in [0.4, 0.5) is 4.39 Å². The third kappa shape index (κ3) is 6.39. The summed E-state index contributed by atoms with van der Waals surface area (Å²) in [6.45, 7) is 5.60. The van der Waals surface area contributed by atoms with Gasteiger partial charge in [0.05, 0.1) is 23.1 Å². The largest absolute Gasteiger partial charge is 0.491 e. The van der Waals surface area contributed by atoms with Crippen molar-refractivity contribution in [2.75, 3.05) is 13.2 Å². The second-order valence-electron chi connectivity index (χ2n) is 8.66. The maximum Gasteiger partial charge on any atom is 0.254 e. The third-order valence-corrected chi connectivity index (χ3v) is 6.12. The van der Waals surface area contributed by atoms with Gasteiger partial charge in [0.1, 0.15) is 24.0 Å². The lowest BCUT2D eigenvalue weighted by atomic mass is 10.1. The van der Waals surface area contributed by atoms with Gasteiger partial charge in [0, 0.05) is 13.0 Å². The van der Waals surface area contributed by atoms with Crippen molar-refractivity contribution < 1.29 is 13.9 Å². The van der Waals surface area contributed by atoms with E-state index in [2.05, 4.69) is 28.6 Å². The Morgan fingerprint density at radius 3 is 2.64 bits per heavy atom. The van der Waals surface area contributed by atoms with Crippen molar-refractivity contribution in [3.05, 3.63) is 108 Å². The van der Waals surface area contributed by atoms with Crippen molar-refractivity contribution in [1.82, 2.24) is 14.9 Å². The van der Waals surface area contributed by atoms with Gasteiger partial charge < -0.3 is 14.6 Å². The number of amides is 1. The summed E-state index contributed by atoms with van der Waals surface area (Å²) in [5.74, 6) is 1.06. The zero-order valence-corrected chi connectivity index (χ0v) is 20.5. The second-order valence-corrected chi connectivity index (χ2v) is 8.66. The van der Waals surface area contributed by atoms with Gasteiger partial charge >= 0.3 is 0 Å². The van der Waals surface area contributed by atoms with Crippen LogP contribution in [0, 0.1) is 5.82 Å². The van der Waals surface area contributed by atoms with E-state index in [1.54, 1.807) is 12.1 Å². The molecule has 1 N–H and O–H groups in total. The molecule has 1 aromatic heterocycles. The molecular formula is C30H32FN3O2. The lowest BCUT2D eigenvalue weighted by Gasteiger charge is -2.13. The van der Waals surface area contributed by atoms with Crippen molar-refractivity contribution in [1.29, 1.82) is 0 Å². The molecular weight excluding hydrogens is 453 g/mol. The number of carbonyl (C=O) groups is 1. The van der Waals surface area contributed by atoms with Gasteiger partial charge in [0.2, 0.25) is 0 Å². The van der Waals surface area contributed by atoms with Gasteiger partial charge in [-0.15, -0.1) is 6.58 Å². The Morgan fingerprint density at radius 1 is 1.00 bits per heavy atom. The molecule has 0 fully saturated rings. The number of fused-ring (bicyclic) bond motifs is 1. The minimum atomic E-state index is -0.498. The van der Waals surface area contributed by atoms with Crippen molar-refractivity contribution in [2.24, 2.45) is 0 Å². The van der Waals surface area contributed by atoms with E-state index in [9.17, 15) is 9.18 Å². The Kier molecular flexibility index (Phi) is 8.87. The topological polar surface area (TPSA) is 56.1 Å². The Bertz CT molecular complexity index is 1310. The number of imidazole rings is 1. The number of hydrogen-bond acceptors (Lipinski definition) is 3. The van der Waals surface area contributed by atoms with Crippen LogP contribution in [0.3, 0.4) is 0 Å². The summed E-state index contributed by atoms with van der Waals surface area (Å²) in [6, 6.07) is 22.3. The minimum Gasteiger partial charge on any atom is -0.491 e. The highest BCUT2D eigenvalue weighted by Crippen LogP contribution is 2.21. The number of aryl methyl sites for hydroxylation is 1. The van der Waals surface area contributed by atoms with E-state index in [0.717, 1.165) is 60.3 Å². The fourth-order valence-electron chi connectivity index (χ4n) is 4.31. The fourth-order valence-corrected chi connectivity index (χ4v) is 4.31. The number of allylic oxidation sites excluding steroid dienone is 1. The predicted molar refractivity (Wildman–Crippen MR) is 142 cm³/mol. The number of hydrogen-bond donors (Lipinski definition) is 1. The molecule has 0 unspecified atom stereocenters. The lowest BCUT2D eigenvalue weighted by Crippen LogP contribution is -2.25. The molecule has 6 heteroatoms. The van der Waals surface area contributed by atoms with Gasteiger partial charge in [-0.25, -0.2) is 9.37 Å². The number of rotatable bonds is 13. The predicted octanol–water partition coefficient (Wildman–Crippen LogP) is 6.13. The van der Waals surface area contributed by atoms with E-state index in [0.29, 0.717) is 19.7 Å². The summed E-state index contributed by atoms with van der Waals surface area (Å²) in [5, 5.41) is 2.81. The number of halogens is 1. The summed E-state index contributed by atoms with van der Waals surface area (Å²) in [5.41, 5.74) is 3.30. The molecule has 0 aliphatic heterocycles. The highest BCUT2D eigenvalue weighted by Gasteiger charge is 2.12. The van der Waals surface area contributed by atoms with Crippen LogP contribution in [-0.4, -0.2) is 28.6 Å². The first kappa shape index (κ1) is 25.2. The highest BCUT2D eigenvalue weighted by atomic mass is 19.1. The summed E-state index contributed by atoms with van der Waals surface area (Å²) < 4.78 is 22.1. The molecule has 0 saturated carbocycles.